The summed E-state index contributed by atoms with van der Waals surface area (Å²) in [5, 5.41) is 11.2. The third-order valence-electron chi connectivity index (χ3n) is 4.31. The number of likely N-dealkylation sites (tertiary alicyclic amines) is 1. The molecule has 1 amide bonds. The van der Waals surface area contributed by atoms with E-state index < -0.39 is 0 Å². The molecule has 4 rings (SSSR count). The number of aromatic nitrogens is 4. The molecule has 1 saturated carbocycles. The first-order valence-electron chi connectivity index (χ1n) is 8.05. The maximum absolute atomic E-state index is 11.1. The molecule has 3 heterocycles. The van der Waals surface area contributed by atoms with Gasteiger partial charge >= 0.3 is 0 Å². The largest absolute Gasteiger partial charge is 0.339 e. The van der Waals surface area contributed by atoms with Gasteiger partial charge in [0.2, 0.25) is 11.8 Å². The third kappa shape index (κ3) is 3.26. The molecule has 0 aromatic carbocycles. The van der Waals surface area contributed by atoms with Gasteiger partial charge in [-0.05, 0) is 19.3 Å². The van der Waals surface area contributed by atoms with Crippen LogP contribution in [0.4, 0.5) is 5.82 Å². The van der Waals surface area contributed by atoms with E-state index in [9.17, 15) is 4.79 Å². The highest BCUT2D eigenvalue weighted by molar-refractivity contribution is 5.87. The summed E-state index contributed by atoms with van der Waals surface area (Å²) in [5.41, 5.74) is 0. The predicted octanol–water partition coefficient (Wildman–Crippen LogP) is 1.55. The van der Waals surface area contributed by atoms with Gasteiger partial charge in [-0.15, -0.1) is 0 Å². The van der Waals surface area contributed by atoms with Crippen LogP contribution in [0.25, 0.3) is 0 Å². The van der Waals surface area contributed by atoms with E-state index >= 15 is 0 Å². The number of hydrogen-bond acceptors (Lipinski definition) is 6. The van der Waals surface area contributed by atoms with Gasteiger partial charge in [0.1, 0.15) is 0 Å². The van der Waals surface area contributed by atoms with Gasteiger partial charge in [0, 0.05) is 38.2 Å². The van der Waals surface area contributed by atoms with E-state index in [1.165, 1.54) is 19.8 Å². The summed E-state index contributed by atoms with van der Waals surface area (Å²) in [6.45, 7) is 4.07. The van der Waals surface area contributed by atoms with Crippen molar-refractivity contribution in [1.29, 1.82) is 0 Å². The second-order valence-electron chi connectivity index (χ2n) is 6.36. The normalized spacial score (nSPS) is 21.7. The monoisotopic (exact) mass is 316 g/mol. The molecule has 1 N–H and O–H groups in total. The fourth-order valence-corrected chi connectivity index (χ4v) is 2.99. The van der Waals surface area contributed by atoms with Gasteiger partial charge < -0.3 is 9.84 Å². The quantitative estimate of drug-likeness (QED) is 0.900. The summed E-state index contributed by atoms with van der Waals surface area (Å²) >= 11 is 0. The van der Waals surface area contributed by atoms with Gasteiger partial charge in [0.25, 0.3) is 0 Å². The van der Waals surface area contributed by atoms with Crippen molar-refractivity contribution in [2.45, 2.75) is 44.7 Å². The summed E-state index contributed by atoms with van der Waals surface area (Å²) < 4.78 is 7.23. The van der Waals surface area contributed by atoms with Gasteiger partial charge in [-0.25, -0.2) is 0 Å². The fraction of sp³-hybridized carbons (Fsp3) is 0.600. The highest BCUT2D eigenvalue weighted by atomic mass is 16.5. The topological polar surface area (TPSA) is 89.1 Å². The molecule has 1 saturated heterocycles. The highest BCUT2D eigenvalue weighted by Gasteiger charge is 2.30. The zero-order valence-corrected chi connectivity index (χ0v) is 13.1. The maximum atomic E-state index is 11.1. The van der Waals surface area contributed by atoms with Gasteiger partial charge in [0.15, 0.2) is 11.6 Å². The molecule has 23 heavy (non-hydrogen) atoms. The van der Waals surface area contributed by atoms with Crippen molar-refractivity contribution in [3.63, 3.8) is 0 Å². The Labute approximate surface area is 133 Å². The third-order valence-corrected chi connectivity index (χ3v) is 4.31. The average molecular weight is 316 g/mol. The highest BCUT2D eigenvalue weighted by Crippen LogP contribution is 2.38. The lowest BCUT2D eigenvalue weighted by Crippen LogP contribution is -2.22. The predicted molar refractivity (Wildman–Crippen MR) is 81.7 cm³/mol. The molecule has 2 fully saturated rings. The molecular formula is C15H20N6O2. The van der Waals surface area contributed by atoms with Crippen LogP contribution in [-0.2, 0) is 11.3 Å². The molecule has 1 aliphatic heterocycles. The Morgan fingerprint density at radius 1 is 1.43 bits per heavy atom. The van der Waals surface area contributed by atoms with Crippen LogP contribution in [0.1, 0.15) is 49.9 Å². The molecule has 1 atom stereocenters. The van der Waals surface area contributed by atoms with Gasteiger partial charge in [0.05, 0.1) is 12.6 Å². The van der Waals surface area contributed by atoms with Crippen LogP contribution in [0.5, 0.6) is 0 Å². The number of rotatable bonds is 5. The molecule has 2 aromatic heterocycles. The molecule has 0 bridgehead atoms. The zero-order chi connectivity index (χ0) is 15.8. The fourth-order valence-electron chi connectivity index (χ4n) is 2.99. The van der Waals surface area contributed by atoms with E-state index in [1.807, 2.05) is 16.9 Å². The molecule has 8 nitrogen and oxygen atoms in total. The number of carbonyl (C=O) groups excluding carboxylic acids is 1. The van der Waals surface area contributed by atoms with Crippen molar-refractivity contribution in [2.24, 2.45) is 0 Å². The summed E-state index contributed by atoms with van der Waals surface area (Å²) in [5.74, 6) is 2.56. The number of nitrogens with one attached hydrogen (secondary N) is 1. The van der Waals surface area contributed by atoms with Crippen molar-refractivity contribution in [2.75, 3.05) is 18.4 Å². The van der Waals surface area contributed by atoms with Crippen LogP contribution >= 0.6 is 0 Å². The van der Waals surface area contributed by atoms with Crippen molar-refractivity contribution in [3.05, 3.63) is 24.0 Å². The van der Waals surface area contributed by atoms with Crippen molar-refractivity contribution in [3.8, 4) is 0 Å². The second-order valence-corrected chi connectivity index (χ2v) is 6.36. The van der Waals surface area contributed by atoms with Gasteiger partial charge in [-0.3, -0.25) is 14.4 Å². The smallest absolute Gasteiger partial charge is 0.229 e. The summed E-state index contributed by atoms with van der Waals surface area (Å²) in [6, 6.07) is 2.14. The minimum atomic E-state index is -0.105. The van der Waals surface area contributed by atoms with E-state index in [1.54, 1.807) is 0 Å². The summed E-state index contributed by atoms with van der Waals surface area (Å²) in [4.78, 5) is 17.9. The minimum Gasteiger partial charge on any atom is -0.339 e. The Balaban J connectivity index is 1.34. The number of carbonyl (C=O) groups is 1. The summed E-state index contributed by atoms with van der Waals surface area (Å²) in [7, 11) is 0. The molecule has 0 spiro atoms. The first kappa shape index (κ1) is 14.4. The molecule has 0 radical (unpaired) electrons. The van der Waals surface area contributed by atoms with Crippen LogP contribution in [-0.4, -0.2) is 43.8 Å². The Hall–Kier alpha value is -2.22. The van der Waals surface area contributed by atoms with E-state index in [0.29, 0.717) is 24.3 Å². The standard InChI is InChI=1S/C15H20N6O2/c1-10(22)16-13-5-7-21(18-13)12-4-6-20(8-12)9-14-17-15(23-19-14)11-2-3-11/h5,7,11-12H,2-4,6,8-9H2,1H3,(H,16,18,22)/t12-/m0/s1. The first-order chi connectivity index (χ1) is 11.2. The minimum absolute atomic E-state index is 0.105. The average Bonchev–Trinajstić information content (AvgIpc) is 2.90. The molecule has 0 unspecified atom stereocenters. The number of nitrogens with zero attached hydrogens (tertiary/aromatic N) is 5. The SMILES string of the molecule is CC(=O)Nc1ccn([C@H]2CCN(Cc3noc(C4CC4)n3)C2)n1. The molecule has 2 aromatic rings. The maximum Gasteiger partial charge on any atom is 0.229 e. The Kier molecular flexibility index (Phi) is 3.60. The van der Waals surface area contributed by atoms with E-state index in [4.69, 9.17) is 4.52 Å². The molecule has 122 valence electrons. The van der Waals surface area contributed by atoms with Crippen molar-refractivity contribution < 1.29 is 9.32 Å². The van der Waals surface area contributed by atoms with Crippen LogP contribution in [0, 0.1) is 0 Å². The molecule has 8 heteroatoms. The first-order valence-corrected chi connectivity index (χ1v) is 8.05. The number of hydrogen-bond donors (Lipinski definition) is 1. The van der Waals surface area contributed by atoms with Crippen LogP contribution in [0.15, 0.2) is 16.8 Å². The van der Waals surface area contributed by atoms with Gasteiger partial charge in [-0.2, -0.15) is 10.1 Å². The Morgan fingerprint density at radius 2 is 2.30 bits per heavy atom. The van der Waals surface area contributed by atoms with E-state index in [2.05, 4.69) is 25.5 Å². The lowest BCUT2D eigenvalue weighted by Gasteiger charge is -2.13. The van der Waals surface area contributed by atoms with Crippen molar-refractivity contribution >= 4 is 11.7 Å². The molecule has 2 aliphatic rings. The van der Waals surface area contributed by atoms with E-state index in [0.717, 1.165) is 31.2 Å². The van der Waals surface area contributed by atoms with Crippen LogP contribution in [0.3, 0.4) is 0 Å². The van der Waals surface area contributed by atoms with Gasteiger partial charge in [-0.1, -0.05) is 5.16 Å². The Morgan fingerprint density at radius 3 is 3.09 bits per heavy atom. The number of anilines is 1. The lowest BCUT2D eigenvalue weighted by molar-refractivity contribution is -0.114. The van der Waals surface area contributed by atoms with Crippen molar-refractivity contribution in [1.82, 2.24) is 24.8 Å². The second kappa shape index (κ2) is 5.77. The molecular weight excluding hydrogens is 296 g/mol. The van der Waals surface area contributed by atoms with E-state index in [-0.39, 0.29) is 5.91 Å². The number of amides is 1. The van der Waals surface area contributed by atoms with Crippen LogP contribution < -0.4 is 5.32 Å². The summed E-state index contributed by atoms with van der Waals surface area (Å²) in [6.07, 6.45) is 5.28. The molecule has 1 aliphatic carbocycles. The Bertz CT molecular complexity index is 704. The zero-order valence-electron chi connectivity index (χ0n) is 13.1. The lowest BCUT2D eigenvalue weighted by atomic mass is 10.3. The van der Waals surface area contributed by atoms with Crippen LogP contribution in [0.2, 0.25) is 0 Å².